The zero-order valence-electron chi connectivity index (χ0n) is 9.35. The highest BCUT2D eigenvalue weighted by Gasteiger charge is 2.10. The van der Waals surface area contributed by atoms with Crippen molar-refractivity contribution in [2.75, 3.05) is 0 Å². The van der Waals surface area contributed by atoms with Gasteiger partial charge >= 0.3 is 0 Å². The molecule has 2 aromatic rings. The van der Waals surface area contributed by atoms with E-state index >= 15 is 0 Å². The zero-order chi connectivity index (χ0) is 12.4. The van der Waals surface area contributed by atoms with E-state index in [1.165, 1.54) is 11.8 Å². The molecule has 0 radical (unpaired) electrons. The summed E-state index contributed by atoms with van der Waals surface area (Å²) < 4.78 is 5.25. The summed E-state index contributed by atoms with van der Waals surface area (Å²) in [5.74, 6) is 0.518. The fraction of sp³-hybridized carbons (Fsp3) is 0.273. The molecule has 1 heterocycles. The first kappa shape index (κ1) is 12.4. The zero-order valence-corrected chi connectivity index (χ0v) is 10.9. The lowest BCUT2D eigenvalue weighted by Crippen LogP contribution is -1.90. The topological polar surface area (TPSA) is 59.2 Å². The molecule has 1 aromatic carbocycles. The first-order valence-electron chi connectivity index (χ1n) is 5.01. The van der Waals surface area contributed by atoms with E-state index in [1.807, 2.05) is 12.1 Å². The molecule has 4 nitrogen and oxygen atoms in total. The molecule has 0 saturated heterocycles. The van der Waals surface area contributed by atoms with Crippen molar-refractivity contribution in [3.05, 3.63) is 34.7 Å². The summed E-state index contributed by atoms with van der Waals surface area (Å²) in [5.41, 5.74) is 0.779. The molecular weight excluding hydrogens is 260 g/mol. The Morgan fingerprint density at radius 2 is 2.18 bits per heavy atom. The van der Waals surface area contributed by atoms with Gasteiger partial charge in [0.05, 0.1) is 11.1 Å². The first-order valence-corrected chi connectivity index (χ1v) is 6.21. The number of hydrogen-bond acceptors (Lipinski definition) is 5. The van der Waals surface area contributed by atoms with Crippen LogP contribution in [0.5, 0.6) is 0 Å². The molecule has 0 spiro atoms. The number of nitrogens with zero attached hydrogens (tertiary/aromatic N) is 2. The molecule has 0 aliphatic heterocycles. The van der Waals surface area contributed by atoms with Gasteiger partial charge in [-0.3, -0.25) is 0 Å². The number of benzene rings is 1. The number of aromatic nitrogens is 2. The number of aliphatic hydroxyl groups is 1. The van der Waals surface area contributed by atoms with Crippen LogP contribution in [0.4, 0.5) is 0 Å². The van der Waals surface area contributed by atoms with E-state index in [0.717, 1.165) is 10.5 Å². The normalized spacial score (nSPS) is 12.7. The fourth-order valence-corrected chi connectivity index (χ4v) is 2.30. The molecule has 6 heteroatoms. The van der Waals surface area contributed by atoms with Crippen molar-refractivity contribution in [2.24, 2.45) is 0 Å². The molecule has 1 atom stereocenters. The Bertz CT molecular complexity index is 528. The van der Waals surface area contributed by atoms with Gasteiger partial charge in [0, 0.05) is 11.8 Å². The summed E-state index contributed by atoms with van der Waals surface area (Å²) >= 11 is 7.41. The number of hydrogen-bond donors (Lipinski definition) is 1. The smallest absolute Gasteiger partial charge is 0.281 e. The second-order valence-electron chi connectivity index (χ2n) is 3.55. The third-order valence-electron chi connectivity index (χ3n) is 2.14. The monoisotopic (exact) mass is 270 g/mol. The fourth-order valence-electron chi connectivity index (χ4n) is 1.27. The summed E-state index contributed by atoms with van der Waals surface area (Å²) in [6.45, 7) is 3.43. The molecule has 0 aliphatic rings. The van der Waals surface area contributed by atoms with Gasteiger partial charge in [-0.2, -0.15) is 0 Å². The Morgan fingerprint density at radius 1 is 1.41 bits per heavy atom. The molecule has 0 saturated carbocycles. The van der Waals surface area contributed by atoms with Gasteiger partial charge in [-0.05, 0) is 36.4 Å². The quantitative estimate of drug-likeness (QED) is 0.928. The second-order valence-corrected chi connectivity index (χ2v) is 4.96. The molecule has 0 amide bonds. The van der Waals surface area contributed by atoms with E-state index < -0.39 is 6.10 Å². The molecular formula is C11H11ClN2O2S. The van der Waals surface area contributed by atoms with Crippen LogP contribution in [0.1, 0.15) is 24.5 Å². The van der Waals surface area contributed by atoms with Crippen LogP contribution in [-0.4, -0.2) is 15.3 Å². The number of aryl methyl sites for hydroxylation is 1. The molecule has 1 N–H and O–H groups in total. The number of aliphatic hydroxyl groups excluding tert-OH is 1. The lowest BCUT2D eigenvalue weighted by atomic mass is 10.1. The van der Waals surface area contributed by atoms with Crippen molar-refractivity contribution < 1.29 is 9.52 Å². The van der Waals surface area contributed by atoms with Crippen LogP contribution in [0.3, 0.4) is 0 Å². The van der Waals surface area contributed by atoms with Crippen LogP contribution in [0.2, 0.25) is 5.02 Å². The van der Waals surface area contributed by atoms with E-state index in [-0.39, 0.29) is 0 Å². The molecule has 17 heavy (non-hydrogen) atoms. The van der Waals surface area contributed by atoms with Gasteiger partial charge in [0.2, 0.25) is 5.89 Å². The average molecular weight is 271 g/mol. The molecule has 2 rings (SSSR count). The van der Waals surface area contributed by atoms with Crippen molar-refractivity contribution in [1.29, 1.82) is 0 Å². The predicted octanol–water partition coefficient (Wildman–Crippen LogP) is 3.24. The van der Waals surface area contributed by atoms with Gasteiger partial charge in [0.15, 0.2) is 0 Å². The van der Waals surface area contributed by atoms with Gasteiger partial charge < -0.3 is 9.52 Å². The van der Waals surface area contributed by atoms with E-state index in [4.69, 9.17) is 16.0 Å². The Labute approximate surface area is 108 Å². The van der Waals surface area contributed by atoms with Gasteiger partial charge in [-0.25, -0.2) is 0 Å². The Morgan fingerprint density at radius 3 is 2.71 bits per heavy atom. The van der Waals surface area contributed by atoms with Gasteiger partial charge in [0.1, 0.15) is 0 Å². The molecule has 1 aromatic heterocycles. The van der Waals surface area contributed by atoms with Crippen LogP contribution >= 0.6 is 23.4 Å². The summed E-state index contributed by atoms with van der Waals surface area (Å²) in [5, 5.41) is 18.1. The van der Waals surface area contributed by atoms with Crippen LogP contribution in [0.25, 0.3) is 0 Å². The standard InChI is InChI=1S/C11H11ClN2O2S/c1-6(15)8-3-4-10(9(12)5-8)17-11-14-13-7(2)16-11/h3-6,15H,1-2H3. The maximum absolute atomic E-state index is 9.43. The summed E-state index contributed by atoms with van der Waals surface area (Å²) in [6.07, 6.45) is -0.530. The van der Waals surface area contributed by atoms with Crippen molar-refractivity contribution in [3.63, 3.8) is 0 Å². The Kier molecular flexibility index (Phi) is 3.71. The van der Waals surface area contributed by atoms with Gasteiger partial charge in [-0.1, -0.05) is 17.7 Å². The summed E-state index contributed by atoms with van der Waals surface area (Å²) in [6, 6.07) is 5.38. The average Bonchev–Trinajstić information content (AvgIpc) is 2.67. The van der Waals surface area contributed by atoms with Crippen molar-refractivity contribution in [1.82, 2.24) is 10.2 Å². The van der Waals surface area contributed by atoms with E-state index in [2.05, 4.69) is 10.2 Å². The highest BCUT2D eigenvalue weighted by Crippen LogP contribution is 2.33. The van der Waals surface area contributed by atoms with Crippen molar-refractivity contribution >= 4 is 23.4 Å². The first-order chi connectivity index (χ1) is 8.06. The highest BCUT2D eigenvalue weighted by molar-refractivity contribution is 7.99. The van der Waals surface area contributed by atoms with Gasteiger partial charge in [-0.15, -0.1) is 10.2 Å². The minimum Gasteiger partial charge on any atom is -0.416 e. The third-order valence-corrected chi connectivity index (χ3v) is 3.48. The second kappa shape index (κ2) is 5.08. The van der Waals surface area contributed by atoms with E-state index in [0.29, 0.717) is 16.1 Å². The van der Waals surface area contributed by atoms with Crippen LogP contribution in [-0.2, 0) is 0 Å². The maximum atomic E-state index is 9.43. The van der Waals surface area contributed by atoms with Crippen LogP contribution in [0.15, 0.2) is 32.7 Å². The third kappa shape index (κ3) is 3.00. The molecule has 1 unspecified atom stereocenters. The lowest BCUT2D eigenvalue weighted by Gasteiger charge is -2.07. The van der Waals surface area contributed by atoms with Crippen LogP contribution in [0, 0.1) is 6.92 Å². The SMILES string of the molecule is Cc1nnc(Sc2ccc(C(C)O)cc2Cl)o1. The minimum absolute atomic E-state index is 0.453. The maximum Gasteiger partial charge on any atom is 0.281 e. The molecule has 0 bridgehead atoms. The Hall–Kier alpha value is -1.04. The predicted molar refractivity (Wildman–Crippen MR) is 65.2 cm³/mol. The highest BCUT2D eigenvalue weighted by atomic mass is 35.5. The summed E-state index contributed by atoms with van der Waals surface area (Å²) in [7, 11) is 0. The molecule has 90 valence electrons. The van der Waals surface area contributed by atoms with Crippen molar-refractivity contribution in [3.8, 4) is 0 Å². The molecule has 0 fully saturated rings. The van der Waals surface area contributed by atoms with Gasteiger partial charge in [0.25, 0.3) is 5.22 Å². The lowest BCUT2D eigenvalue weighted by molar-refractivity contribution is 0.199. The minimum atomic E-state index is -0.530. The number of halogens is 1. The van der Waals surface area contributed by atoms with E-state index in [9.17, 15) is 5.11 Å². The largest absolute Gasteiger partial charge is 0.416 e. The number of rotatable bonds is 3. The molecule has 0 aliphatic carbocycles. The van der Waals surface area contributed by atoms with E-state index in [1.54, 1.807) is 19.9 Å². The van der Waals surface area contributed by atoms with Crippen molar-refractivity contribution in [2.45, 2.75) is 30.1 Å². The summed E-state index contributed by atoms with van der Waals surface area (Å²) in [4.78, 5) is 0.819. The van der Waals surface area contributed by atoms with Crippen LogP contribution < -0.4 is 0 Å². The Balaban J connectivity index is 2.22.